The van der Waals surface area contributed by atoms with Crippen molar-refractivity contribution < 1.29 is 13.2 Å². The smallest absolute Gasteiger partial charge is 0.328 e. The third-order valence-electron chi connectivity index (χ3n) is 2.89. The molecule has 1 atom stereocenters. The minimum absolute atomic E-state index is 0.165. The van der Waals surface area contributed by atoms with Crippen LogP contribution in [0, 0.1) is 6.92 Å². The van der Waals surface area contributed by atoms with E-state index in [1.807, 2.05) is 0 Å². The summed E-state index contributed by atoms with van der Waals surface area (Å²) in [6, 6.07) is 5.55. The molecule has 0 fully saturated rings. The molecule has 102 valence electrons. The maximum atomic E-state index is 13.1. The van der Waals surface area contributed by atoms with E-state index in [0.29, 0.717) is 23.2 Å². The summed E-state index contributed by atoms with van der Waals surface area (Å²) in [5, 5.41) is 0.165. The molecule has 0 aliphatic rings. The highest BCUT2D eigenvalue weighted by atomic mass is 19.4. The molecule has 1 aromatic carbocycles. The summed E-state index contributed by atoms with van der Waals surface area (Å²) < 4.78 is 39.2. The third-order valence-corrected chi connectivity index (χ3v) is 2.89. The van der Waals surface area contributed by atoms with Gasteiger partial charge < -0.3 is 5.73 Å². The van der Waals surface area contributed by atoms with Crippen molar-refractivity contribution >= 4 is 10.9 Å². The summed E-state index contributed by atoms with van der Waals surface area (Å²) in [4.78, 5) is 4.18. The number of halogens is 3. The zero-order valence-electron chi connectivity index (χ0n) is 10.8. The Morgan fingerprint density at radius 3 is 2.58 bits per heavy atom. The Kier molecular flexibility index (Phi) is 3.49. The SMILES string of the molecule is Cc1cc(CC(C)N)c2c(C(F)(F)F)cccc2n1. The Bertz CT molecular complexity index is 603. The maximum Gasteiger partial charge on any atom is 0.417 e. The Balaban J connectivity index is 2.78. The number of fused-ring (bicyclic) bond motifs is 1. The molecule has 2 rings (SSSR count). The van der Waals surface area contributed by atoms with Gasteiger partial charge in [0.15, 0.2) is 0 Å². The van der Waals surface area contributed by atoms with Crippen LogP contribution in [-0.2, 0) is 12.6 Å². The molecule has 1 unspecified atom stereocenters. The van der Waals surface area contributed by atoms with Crippen LogP contribution >= 0.6 is 0 Å². The largest absolute Gasteiger partial charge is 0.417 e. The molecule has 1 heterocycles. The average molecular weight is 268 g/mol. The topological polar surface area (TPSA) is 38.9 Å². The summed E-state index contributed by atoms with van der Waals surface area (Å²) >= 11 is 0. The van der Waals surface area contributed by atoms with Crippen molar-refractivity contribution in [2.45, 2.75) is 32.5 Å². The number of alkyl halides is 3. The van der Waals surface area contributed by atoms with E-state index in [1.54, 1.807) is 26.0 Å². The van der Waals surface area contributed by atoms with Crippen LogP contribution in [0.5, 0.6) is 0 Å². The molecular weight excluding hydrogens is 253 g/mol. The zero-order valence-corrected chi connectivity index (χ0v) is 10.8. The number of nitrogens with zero attached hydrogens (tertiary/aromatic N) is 1. The lowest BCUT2D eigenvalue weighted by molar-refractivity contribution is -0.136. The Morgan fingerprint density at radius 1 is 1.32 bits per heavy atom. The lowest BCUT2D eigenvalue weighted by Gasteiger charge is -2.15. The quantitative estimate of drug-likeness (QED) is 0.906. The van der Waals surface area contributed by atoms with Gasteiger partial charge in [-0.25, -0.2) is 0 Å². The standard InChI is InChI=1S/C14H15F3N2/c1-8(18)6-10-7-9(2)19-12-5-3-4-11(13(10)12)14(15,16)17/h3-5,7-8H,6,18H2,1-2H3. The summed E-state index contributed by atoms with van der Waals surface area (Å²) in [6.45, 7) is 3.54. The number of benzene rings is 1. The van der Waals surface area contributed by atoms with Crippen molar-refractivity contribution in [2.24, 2.45) is 5.73 Å². The summed E-state index contributed by atoms with van der Waals surface area (Å²) in [5.74, 6) is 0. The average Bonchev–Trinajstić information content (AvgIpc) is 2.25. The highest BCUT2D eigenvalue weighted by molar-refractivity contribution is 5.86. The monoisotopic (exact) mass is 268 g/mol. The van der Waals surface area contributed by atoms with E-state index in [0.717, 1.165) is 6.07 Å². The zero-order chi connectivity index (χ0) is 14.2. The first-order valence-corrected chi connectivity index (χ1v) is 6.01. The van der Waals surface area contributed by atoms with Crippen molar-refractivity contribution in [3.05, 3.63) is 41.1 Å². The molecule has 19 heavy (non-hydrogen) atoms. The molecule has 0 aliphatic carbocycles. The first kappa shape index (κ1) is 13.8. The van der Waals surface area contributed by atoms with Crippen LogP contribution in [0.25, 0.3) is 10.9 Å². The van der Waals surface area contributed by atoms with E-state index in [-0.39, 0.29) is 11.4 Å². The minimum Gasteiger partial charge on any atom is -0.328 e. The Labute approximate surface area is 109 Å². The Hall–Kier alpha value is -1.62. The Morgan fingerprint density at radius 2 is 2.00 bits per heavy atom. The van der Waals surface area contributed by atoms with Crippen molar-refractivity contribution in [1.29, 1.82) is 0 Å². The second kappa shape index (κ2) is 4.81. The van der Waals surface area contributed by atoms with Gasteiger partial charge in [-0.15, -0.1) is 0 Å². The summed E-state index contributed by atoms with van der Waals surface area (Å²) in [5.41, 5.74) is 6.74. The fourth-order valence-electron chi connectivity index (χ4n) is 2.26. The highest BCUT2D eigenvalue weighted by Crippen LogP contribution is 2.36. The third kappa shape index (κ3) is 2.87. The molecular formula is C14H15F3N2. The summed E-state index contributed by atoms with van der Waals surface area (Å²) in [7, 11) is 0. The second-order valence-corrected chi connectivity index (χ2v) is 4.80. The second-order valence-electron chi connectivity index (χ2n) is 4.80. The minimum atomic E-state index is -4.39. The van der Waals surface area contributed by atoms with Crippen LogP contribution < -0.4 is 5.73 Å². The first-order chi connectivity index (χ1) is 8.79. The van der Waals surface area contributed by atoms with Crippen molar-refractivity contribution in [3.63, 3.8) is 0 Å². The van der Waals surface area contributed by atoms with E-state index >= 15 is 0 Å². The predicted molar refractivity (Wildman–Crippen MR) is 68.8 cm³/mol. The molecule has 0 saturated carbocycles. The van der Waals surface area contributed by atoms with Crippen LogP contribution in [-0.4, -0.2) is 11.0 Å². The van der Waals surface area contributed by atoms with Gasteiger partial charge in [-0.2, -0.15) is 13.2 Å². The van der Waals surface area contributed by atoms with Gasteiger partial charge in [0.05, 0.1) is 11.1 Å². The van der Waals surface area contributed by atoms with Gasteiger partial charge in [0, 0.05) is 17.1 Å². The van der Waals surface area contributed by atoms with E-state index in [4.69, 9.17) is 5.73 Å². The van der Waals surface area contributed by atoms with Gasteiger partial charge in [-0.3, -0.25) is 4.98 Å². The van der Waals surface area contributed by atoms with Gasteiger partial charge in [0.2, 0.25) is 0 Å². The molecule has 2 aromatic rings. The van der Waals surface area contributed by atoms with Crippen LogP contribution in [0.1, 0.15) is 23.7 Å². The van der Waals surface area contributed by atoms with Crippen molar-refractivity contribution in [2.75, 3.05) is 0 Å². The summed E-state index contributed by atoms with van der Waals surface area (Å²) in [6.07, 6.45) is -3.99. The lowest BCUT2D eigenvalue weighted by atomic mass is 9.97. The van der Waals surface area contributed by atoms with E-state index in [1.165, 1.54) is 6.07 Å². The van der Waals surface area contributed by atoms with Gasteiger partial charge in [-0.05, 0) is 44.0 Å². The van der Waals surface area contributed by atoms with Crippen molar-refractivity contribution in [3.8, 4) is 0 Å². The number of rotatable bonds is 2. The fourth-order valence-corrected chi connectivity index (χ4v) is 2.26. The molecule has 1 aromatic heterocycles. The fraction of sp³-hybridized carbons (Fsp3) is 0.357. The molecule has 0 aliphatic heterocycles. The molecule has 0 bridgehead atoms. The molecule has 2 N–H and O–H groups in total. The first-order valence-electron chi connectivity index (χ1n) is 6.01. The van der Waals surface area contributed by atoms with Gasteiger partial charge in [0.1, 0.15) is 0 Å². The number of hydrogen-bond donors (Lipinski definition) is 1. The molecule has 0 amide bonds. The maximum absolute atomic E-state index is 13.1. The van der Waals surface area contributed by atoms with Gasteiger partial charge in [0.25, 0.3) is 0 Å². The molecule has 0 spiro atoms. The van der Waals surface area contributed by atoms with Crippen LogP contribution in [0.15, 0.2) is 24.3 Å². The number of aryl methyl sites for hydroxylation is 1. The van der Waals surface area contributed by atoms with Crippen molar-refractivity contribution in [1.82, 2.24) is 4.98 Å². The number of pyridine rings is 1. The van der Waals surface area contributed by atoms with Gasteiger partial charge >= 0.3 is 6.18 Å². The highest BCUT2D eigenvalue weighted by Gasteiger charge is 2.33. The molecule has 5 heteroatoms. The van der Waals surface area contributed by atoms with E-state index in [2.05, 4.69) is 4.98 Å². The normalized spacial score (nSPS) is 13.8. The number of nitrogens with two attached hydrogens (primary N) is 1. The van der Waals surface area contributed by atoms with Gasteiger partial charge in [-0.1, -0.05) is 6.07 Å². The number of aromatic nitrogens is 1. The number of hydrogen-bond acceptors (Lipinski definition) is 2. The lowest BCUT2D eigenvalue weighted by Crippen LogP contribution is -2.19. The van der Waals surface area contributed by atoms with Crippen LogP contribution in [0.2, 0.25) is 0 Å². The van der Waals surface area contributed by atoms with Crippen LogP contribution in [0.4, 0.5) is 13.2 Å². The predicted octanol–water partition coefficient (Wildman–Crippen LogP) is 3.45. The van der Waals surface area contributed by atoms with E-state index in [9.17, 15) is 13.2 Å². The molecule has 2 nitrogen and oxygen atoms in total. The van der Waals surface area contributed by atoms with Crippen LogP contribution in [0.3, 0.4) is 0 Å². The molecule has 0 radical (unpaired) electrons. The molecule has 0 saturated heterocycles. The van der Waals surface area contributed by atoms with E-state index < -0.39 is 11.7 Å².